The van der Waals surface area contributed by atoms with Gasteiger partial charge in [0.2, 0.25) is 0 Å². The molecule has 0 spiro atoms. The van der Waals surface area contributed by atoms with Crippen molar-refractivity contribution in [3.05, 3.63) is 46.3 Å². The summed E-state index contributed by atoms with van der Waals surface area (Å²) in [5, 5.41) is 8.63. The first-order valence-corrected chi connectivity index (χ1v) is 13.1. The first kappa shape index (κ1) is 32.4. The fraction of sp³-hybridized carbons (Fsp3) is 0.517. The minimum absolute atomic E-state index is 0. The Morgan fingerprint density at radius 1 is 1.05 bits per heavy atom. The van der Waals surface area contributed by atoms with Crippen molar-refractivity contribution in [3.8, 4) is 23.0 Å². The van der Waals surface area contributed by atoms with Crippen molar-refractivity contribution < 1.29 is 28.1 Å². The second-order valence-electron chi connectivity index (χ2n) is 10.2. The number of carbonyl (C=O) groups excluding carboxylic acids is 1. The molecule has 0 fully saturated rings. The van der Waals surface area contributed by atoms with Crippen molar-refractivity contribution in [1.82, 2.24) is 4.90 Å². The lowest BCUT2D eigenvalue weighted by atomic mass is 9.84. The van der Waals surface area contributed by atoms with E-state index in [0.717, 1.165) is 18.4 Å². The van der Waals surface area contributed by atoms with Crippen molar-refractivity contribution in [3.63, 3.8) is 0 Å². The Balaban J connectivity index is 0.00000533. The smallest absolute Gasteiger partial charge is 0.197 e. The first-order valence-electron chi connectivity index (χ1n) is 13.1. The highest BCUT2D eigenvalue weighted by Crippen LogP contribution is 2.41. The fourth-order valence-corrected chi connectivity index (χ4v) is 4.46. The van der Waals surface area contributed by atoms with E-state index >= 15 is 4.39 Å². The van der Waals surface area contributed by atoms with Gasteiger partial charge in [0.05, 0.1) is 39.0 Å². The molecular weight excluding hydrogens is 569 g/mol. The molecule has 0 amide bonds. The number of halogens is 2. The van der Waals surface area contributed by atoms with Crippen molar-refractivity contribution in [2.75, 3.05) is 40.0 Å². The van der Waals surface area contributed by atoms with Crippen LogP contribution in [0.3, 0.4) is 0 Å². The number of nitrogens with two attached hydrogens (primary N) is 1. The minimum atomic E-state index is -0.638. The molecule has 1 aliphatic rings. The molecule has 0 unspecified atom stereocenters. The highest BCUT2D eigenvalue weighted by molar-refractivity contribution is 8.93. The third-order valence-electron chi connectivity index (χ3n) is 6.36. The largest absolute Gasteiger partial charge is 0.493 e. The van der Waals surface area contributed by atoms with E-state index in [4.69, 9.17) is 30.1 Å². The first-order chi connectivity index (χ1) is 18.1. The SMILES string of the molecule is Br.CCOc1cc2c(c(F)c1OCC)C(=N)N(CC(=O)c1cc(OC)c(OCCCCN)c(C(C)(C)C)c1)C2. The van der Waals surface area contributed by atoms with Gasteiger partial charge in [0, 0.05) is 17.7 Å². The van der Waals surface area contributed by atoms with E-state index in [1.54, 1.807) is 31.1 Å². The Bertz CT molecular complexity index is 1180. The number of ketones is 1. The molecular formula is C29H41BrFN3O5. The van der Waals surface area contributed by atoms with Crippen LogP contribution in [0.4, 0.5) is 4.39 Å². The molecule has 0 aliphatic carbocycles. The third-order valence-corrected chi connectivity index (χ3v) is 6.36. The zero-order chi connectivity index (χ0) is 28.0. The molecule has 39 heavy (non-hydrogen) atoms. The number of rotatable bonds is 13. The minimum Gasteiger partial charge on any atom is -0.493 e. The average Bonchev–Trinajstić information content (AvgIpc) is 3.18. The predicted octanol–water partition coefficient (Wildman–Crippen LogP) is 5.65. The van der Waals surface area contributed by atoms with E-state index in [1.165, 1.54) is 0 Å². The maximum Gasteiger partial charge on any atom is 0.197 e. The Morgan fingerprint density at radius 2 is 1.74 bits per heavy atom. The van der Waals surface area contributed by atoms with Gasteiger partial charge < -0.3 is 29.6 Å². The van der Waals surface area contributed by atoms with Crippen molar-refractivity contribution in [1.29, 1.82) is 5.41 Å². The number of hydrogen-bond acceptors (Lipinski definition) is 7. The predicted molar refractivity (Wildman–Crippen MR) is 156 cm³/mol. The Kier molecular flexibility index (Phi) is 11.6. The second-order valence-corrected chi connectivity index (χ2v) is 10.2. The van der Waals surface area contributed by atoms with Gasteiger partial charge in [-0.1, -0.05) is 20.8 Å². The highest BCUT2D eigenvalue weighted by atomic mass is 79.9. The van der Waals surface area contributed by atoms with E-state index in [1.807, 2.05) is 33.8 Å². The number of Topliss-reactive ketones (excluding diaryl/α,β-unsaturated/α-hetero) is 1. The van der Waals surface area contributed by atoms with Crippen LogP contribution in [0.25, 0.3) is 0 Å². The molecule has 1 heterocycles. The number of amidine groups is 1. The van der Waals surface area contributed by atoms with Crippen LogP contribution < -0.4 is 24.7 Å². The van der Waals surface area contributed by atoms with E-state index in [2.05, 4.69) is 0 Å². The molecule has 2 aromatic carbocycles. The summed E-state index contributed by atoms with van der Waals surface area (Å²) in [5.41, 5.74) is 7.29. The summed E-state index contributed by atoms with van der Waals surface area (Å²) in [7, 11) is 1.55. The normalized spacial score (nSPS) is 12.6. The van der Waals surface area contributed by atoms with Crippen molar-refractivity contribution in [2.24, 2.45) is 5.73 Å². The summed E-state index contributed by atoms with van der Waals surface area (Å²) in [4.78, 5) is 15.0. The Hall–Kier alpha value is -2.85. The van der Waals surface area contributed by atoms with Gasteiger partial charge in [-0.3, -0.25) is 10.2 Å². The summed E-state index contributed by atoms with van der Waals surface area (Å²) in [6.07, 6.45) is 1.67. The molecule has 0 saturated carbocycles. The summed E-state index contributed by atoms with van der Waals surface area (Å²) in [5.74, 6) is 0.474. The second kappa shape index (κ2) is 14.0. The molecule has 10 heteroatoms. The number of nitrogens with one attached hydrogen (secondary N) is 1. The summed E-state index contributed by atoms with van der Waals surface area (Å²) in [6.45, 7) is 11.5. The molecule has 0 bridgehead atoms. The number of methoxy groups -OCH3 is 1. The molecule has 0 aromatic heterocycles. The van der Waals surface area contributed by atoms with E-state index in [9.17, 15) is 4.79 Å². The van der Waals surface area contributed by atoms with Gasteiger partial charge >= 0.3 is 0 Å². The van der Waals surface area contributed by atoms with Crippen LogP contribution in [-0.4, -0.2) is 56.5 Å². The van der Waals surface area contributed by atoms with Gasteiger partial charge in [0.25, 0.3) is 0 Å². The molecule has 3 N–H and O–H groups in total. The lowest BCUT2D eigenvalue weighted by molar-refractivity contribution is 0.0962. The standard InChI is InChI=1S/C29H40FN3O5.BrH/c1-7-36-23-15-19-16-33(28(32)24(19)25(30)27(23)37-8-2)17-21(34)18-13-20(29(3,4)5)26(22(14-18)35-6)38-12-10-9-11-31;/h13-15,32H,7-12,16-17,31H2,1-6H3;1H. The zero-order valence-corrected chi connectivity index (χ0v) is 25.5. The van der Waals surface area contributed by atoms with Crippen LogP contribution in [0, 0.1) is 11.2 Å². The summed E-state index contributed by atoms with van der Waals surface area (Å²) in [6, 6.07) is 5.20. The van der Waals surface area contributed by atoms with E-state index in [0.29, 0.717) is 48.1 Å². The molecule has 216 valence electrons. The topological polar surface area (TPSA) is 107 Å². The quantitative estimate of drug-likeness (QED) is 0.223. The molecule has 2 aromatic rings. The Labute approximate surface area is 241 Å². The van der Waals surface area contributed by atoms with Gasteiger partial charge in [0.1, 0.15) is 5.84 Å². The van der Waals surface area contributed by atoms with Crippen LogP contribution in [-0.2, 0) is 12.0 Å². The number of fused-ring (bicyclic) bond motifs is 1. The van der Waals surface area contributed by atoms with Crippen LogP contribution in [0.2, 0.25) is 0 Å². The number of benzene rings is 2. The summed E-state index contributed by atoms with van der Waals surface area (Å²) >= 11 is 0. The molecule has 0 atom stereocenters. The van der Waals surface area contributed by atoms with Gasteiger partial charge in [-0.2, -0.15) is 0 Å². The number of carbonyl (C=O) groups is 1. The van der Waals surface area contributed by atoms with Gasteiger partial charge in [-0.25, -0.2) is 4.39 Å². The fourth-order valence-electron chi connectivity index (χ4n) is 4.46. The number of unbranched alkanes of at least 4 members (excludes halogenated alkanes) is 1. The molecule has 3 rings (SSSR count). The maximum atomic E-state index is 15.4. The molecule has 0 radical (unpaired) electrons. The average molecular weight is 611 g/mol. The lowest BCUT2D eigenvalue weighted by Gasteiger charge is -2.26. The van der Waals surface area contributed by atoms with Crippen LogP contribution >= 0.6 is 17.0 Å². The lowest BCUT2D eigenvalue weighted by Crippen LogP contribution is -2.30. The van der Waals surface area contributed by atoms with Crippen LogP contribution in [0.5, 0.6) is 23.0 Å². The van der Waals surface area contributed by atoms with Gasteiger partial charge in [-0.05, 0) is 62.4 Å². The van der Waals surface area contributed by atoms with Crippen molar-refractivity contribution >= 4 is 28.6 Å². The number of nitrogens with zero attached hydrogens (tertiary/aromatic N) is 1. The Morgan fingerprint density at radius 3 is 2.33 bits per heavy atom. The monoisotopic (exact) mass is 609 g/mol. The molecule has 0 saturated heterocycles. The highest BCUT2D eigenvalue weighted by Gasteiger charge is 2.33. The van der Waals surface area contributed by atoms with E-state index in [-0.39, 0.29) is 65.0 Å². The van der Waals surface area contributed by atoms with Crippen LogP contribution in [0.1, 0.15) is 74.5 Å². The maximum absolute atomic E-state index is 15.4. The van der Waals surface area contributed by atoms with Gasteiger partial charge in [0.15, 0.2) is 34.6 Å². The summed E-state index contributed by atoms with van der Waals surface area (Å²) < 4.78 is 38.2. The zero-order valence-electron chi connectivity index (χ0n) is 23.7. The third kappa shape index (κ3) is 7.22. The molecule has 1 aliphatic heterocycles. The molecule has 8 nitrogen and oxygen atoms in total. The van der Waals surface area contributed by atoms with Gasteiger partial charge in [-0.15, -0.1) is 17.0 Å². The van der Waals surface area contributed by atoms with Crippen LogP contribution in [0.15, 0.2) is 18.2 Å². The van der Waals surface area contributed by atoms with Crippen molar-refractivity contribution in [2.45, 2.75) is 59.4 Å². The van der Waals surface area contributed by atoms with E-state index < -0.39 is 5.82 Å². The number of hydrogen-bond donors (Lipinski definition) is 2. The number of ether oxygens (including phenoxy) is 4.